The Labute approximate surface area is 133 Å². The summed E-state index contributed by atoms with van der Waals surface area (Å²) in [5.74, 6) is -0.390. The molecule has 0 bridgehead atoms. The number of carbonyl (C=O) groups excluding carboxylic acids is 1. The summed E-state index contributed by atoms with van der Waals surface area (Å²) in [4.78, 5) is 16.7. The van der Waals surface area contributed by atoms with Gasteiger partial charge in [-0.2, -0.15) is 0 Å². The van der Waals surface area contributed by atoms with Crippen molar-refractivity contribution in [2.75, 3.05) is 11.6 Å². The summed E-state index contributed by atoms with van der Waals surface area (Å²) in [7, 11) is -3.32. The van der Waals surface area contributed by atoms with Crippen molar-refractivity contribution in [1.82, 2.24) is 9.38 Å². The number of anilines is 1. The number of aromatic nitrogens is 2. The molecule has 2 heterocycles. The maximum absolute atomic E-state index is 12.3. The highest BCUT2D eigenvalue weighted by Crippen LogP contribution is 2.16. The van der Waals surface area contributed by atoms with Crippen molar-refractivity contribution in [3.63, 3.8) is 0 Å². The van der Waals surface area contributed by atoms with Gasteiger partial charge < -0.3 is 9.72 Å². The van der Waals surface area contributed by atoms with E-state index in [2.05, 4.69) is 10.3 Å². The molecule has 1 N–H and O–H groups in total. The van der Waals surface area contributed by atoms with E-state index in [4.69, 9.17) is 0 Å². The minimum atomic E-state index is -3.32. The van der Waals surface area contributed by atoms with E-state index < -0.39 is 15.7 Å². The Balaban J connectivity index is 1.90. The minimum Gasteiger partial charge on any atom is -0.321 e. The van der Waals surface area contributed by atoms with E-state index in [0.717, 1.165) is 11.9 Å². The van der Waals surface area contributed by atoms with Crippen LogP contribution in [-0.2, 0) is 9.84 Å². The van der Waals surface area contributed by atoms with E-state index in [0.29, 0.717) is 11.3 Å². The molecule has 3 rings (SSSR count). The molecule has 0 aliphatic heterocycles. The Morgan fingerprint density at radius 2 is 1.91 bits per heavy atom. The Morgan fingerprint density at radius 1 is 1.17 bits per heavy atom. The van der Waals surface area contributed by atoms with E-state index in [1.54, 1.807) is 18.3 Å². The molecule has 118 valence electrons. The zero-order chi connectivity index (χ0) is 16.6. The van der Waals surface area contributed by atoms with Crippen molar-refractivity contribution in [3.05, 3.63) is 60.0 Å². The molecular weight excluding hydrogens is 314 g/mol. The number of aryl methyl sites for hydroxylation is 1. The third-order valence-corrected chi connectivity index (χ3v) is 4.56. The summed E-state index contributed by atoms with van der Waals surface area (Å²) >= 11 is 0. The van der Waals surface area contributed by atoms with Crippen LogP contribution in [0.1, 0.15) is 16.2 Å². The summed E-state index contributed by atoms with van der Waals surface area (Å²) < 4.78 is 25.0. The van der Waals surface area contributed by atoms with Gasteiger partial charge in [-0.25, -0.2) is 13.4 Å². The Bertz CT molecular complexity index is 1010. The highest BCUT2D eigenvalue weighted by molar-refractivity contribution is 7.90. The first-order chi connectivity index (χ1) is 10.8. The van der Waals surface area contributed by atoms with Crippen LogP contribution in [0.5, 0.6) is 0 Å². The van der Waals surface area contributed by atoms with E-state index >= 15 is 0 Å². The van der Waals surface area contributed by atoms with Crippen LogP contribution in [0, 0.1) is 6.92 Å². The SMILES string of the molecule is Cc1cccc2nc(C(=O)Nc3cccc(S(C)(=O)=O)c3)cn12. The fourth-order valence-corrected chi connectivity index (χ4v) is 2.92. The number of fused-ring (bicyclic) bond motifs is 1. The first-order valence-electron chi connectivity index (χ1n) is 6.91. The number of pyridine rings is 1. The van der Waals surface area contributed by atoms with Gasteiger partial charge in [-0.1, -0.05) is 12.1 Å². The van der Waals surface area contributed by atoms with Crippen molar-refractivity contribution >= 4 is 27.1 Å². The van der Waals surface area contributed by atoms with Gasteiger partial charge in [0.25, 0.3) is 5.91 Å². The summed E-state index contributed by atoms with van der Waals surface area (Å²) in [5, 5.41) is 2.67. The number of nitrogens with one attached hydrogen (secondary N) is 1. The number of benzene rings is 1. The molecule has 0 aliphatic rings. The van der Waals surface area contributed by atoms with Crippen molar-refractivity contribution < 1.29 is 13.2 Å². The third kappa shape index (κ3) is 3.09. The number of imidazole rings is 1. The normalized spacial score (nSPS) is 11.6. The lowest BCUT2D eigenvalue weighted by Crippen LogP contribution is -2.12. The van der Waals surface area contributed by atoms with Crippen molar-refractivity contribution in [2.45, 2.75) is 11.8 Å². The number of hydrogen-bond acceptors (Lipinski definition) is 4. The second-order valence-electron chi connectivity index (χ2n) is 5.28. The first kappa shape index (κ1) is 15.2. The van der Waals surface area contributed by atoms with Gasteiger partial charge in [0, 0.05) is 23.8 Å². The van der Waals surface area contributed by atoms with Gasteiger partial charge in [0.2, 0.25) is 0 Å². The van der Waals surface area contributed by atoms with Crippen LogP contribution in [0.3, 0.4) is 0 Å². The molecule has 1 amide bonds. The molecule has 0 radical (unpaired) electrons. The number of amides is 1. The lowest BCUT2D eigenvalue weighted by Gasteiger charge is -2.05. The van der Waals surface area contributed by atoms with E-state index in [1.165, 1.54) is 12.1 Å². The number of hydrogen-bond donors (Lipinski definition) is 1. The van der Waals surface area contributed by atoms with Gasteiger partial charge in [0.05, 0.1) is 4.90 Å². The molecule has 0 spiro atoms. The number of rotatable bonds is 3. The van der Waals surface area contributed by atoms with Crippen molar-refractivity contribution in [1.29, 1.82) is 0 Å². The molecule has 0 saturated heterocycles. The van der Waals surface area contributed by atoms with Crippen molar-refractivity contribution in [2.24, 2.45) is 0 Å². The molecular formula is C16H15N3O3S. The van der Waals surface area contributed by atoms with Crippen LogP contribution in [0.4, 0.5) is 5.69 Å². The molecule has 1 aromatic carbocycles. The Hall–Kier alpha value is -2.67. The topological polar surface area (TPSA) is 80.5 Å². The van der Waals surface area contributed by atoms with Crippen LogP contribution in [0.25, 0.3) is 5.65 Å². The fraction of sp³-hybridized carbons (Fsp3) is 0.125. The van der Waals surface area contributed by atoms with Crippen LogP contribution >= 0.6 is 0 Å². The second-order valence-corrected chi connectivity index (χ2v) is 7.29. The van der Waals surface area contributed by atoms with Gasteiger partial charge in [-0.05, 0) is 37.3 Å². The fourth-order valence-electron chi connectivity index (χ4n) is 2.26. The molecule has 0 fully saturated rings. The molecule has 0 atom stereocenters. The summed E-state index contributed by atoms with van der Waals surface area (Å²) in [6.07, 6.45) is 2.78. The van der Waals surface area contributed by atoms with Crippen LogP contribution in [-0.4, -0.2) is 30.0 Å². The highest BCUT2D eigenvalue weighted by Gasteiger charge is 2.13. The first-order valence-corrected chi connectivity index (χ1v) is 8.80. The predicted molar refractivity (Wildman–Crippen MR) is 87.4 cm³/mol. The quantitative estimate of drug-likeness (QED) is 0.799. The van der Waals surface area contributed by atoms with Gasteiger partial charge in [-0.3, -0.25) is 4.79 Å². The second kappa shape index (κ2) is 5.51. The molecule has 0 unspecified atom stereocenters. The molecule has 0 saturated carbocycles. The maximum atomic E-state index is 12.3. The molecule has 0 aliphatic carbocycles. The van der Waals surface area contributed by atoms with Crippen LogP contribution in [0.15, 0.2) is 53.6 Å². The average molecular weight is 329 g/mol. The Morgan fingerprint density at radius 3 is 2.61 bits per heavy atom. The molecule has 23 heavy (non-hydrogen) atoms. The standard InChI is InChI=1S/C16H15N3O3S/c1-11-5-3-8-15-18-14(10-19(11)15)16(20)17-12-6-4-7-13(9-12)23(2,21)22/h3-10H,1-2H3,(H,17,20). The van der Waals surface area contributed by atoms with E-state index in [-0.39, 0.29) is 10.6 Å². The van der Waals surface area contributed by atoms with Gasteiger partial charge in [0.1, 0.15) is 11.3 Å². The van der Waals surface area contributed by atoms with Gasteiger partial charge >= 0.3 is 0 Å². The average Bonchev–Trinajstić information content (AvgIpc) is 2.92. The molecule has 3 aromatic rings. The predicted octanol–water partition coefficient (Wildman–Crippen LogP) is 2.30. The van der Waals surface area contributed by atoms with Crippen LogP contribution < -0.4 is 5.32 Å². The number of sulfone groups is 1. The lowest BCUT2D eigenvalue weighted by atomic mass is 10.3. The Kier molecular flexibility index (Phi) is 3.65. The summed E-state index contributed by atoms with van der Waals surface area (Å²) in [5.41, 5.74) is 2.32. The highest BCUT2D eigenvalue weighted by atomic mass is 32.2. The number of nitrogens with zero attached hydrogens (tertiary/aromatic N) is 2. The number of carbonyl (C=O) groups is 1. The van der Waals surface area contributed by atoms with Gasteiger partial charge in [-0.15, -0.1) is 0 Å². The smallest absolute Gasteiger partial charge is 0.275 e. The lowest BCUT2D eigenvalue weighted by molar-refractivity contribution is 0.102. The summed E-state index contributed by atoms with van der Waals surface area (Å²) in [6, 6.07) is 11.7. The molecule has 7 heteroatoms. The van der Waals surface area contributed by atoms with Crippen LogP contribution in [0.2, 0.25) is 0 Å². The summed E-state index contributed by atoms with van der Waals surface area (Å²) in [6.45, 7) is 1.92. The molecule has 6 nitrogen and oxygen atoms in total. The zero-order valence-electron chi connectivity index (χ0n) is 12.6. The molecule has 2 aromatic heterocycles. The minimum absolute atomic E-state index is 0.154. The third-order valence-electron chi connectivity index (χ3n) is 3.45. The zero-order valence-corrected chi connectivity index (χ0v) is 13.5. The van der Waals surface area contributed by atoms with Crippen molar-refractivity contribution in [3.8, 4) is 0 Å². The largest absolute Gasteiger partial charge is 0.321 e. The maximum Gasteiger partial charge on any atom is 0.275 e. The van der Waals surface area contributed by atoms with E-state index in [9.17, 15) is 13.2 Å². The van der Waals surface area contributed by atoms with Gasteiger partial charge in [0.15, 0.2) is 9.84 Å². The monoisotopic (exact) mass is 329 g/mol. The van der Waals surface area contributed by atoms with E-state index in [1.807, 2.05) is 29.5 Å².